The van der Waals surface area contributed by atoms with Crippen molar-refractivity contribution in [1.82, 2.24) is 29.8 Å². The molecule has 0 unspecified atom stereocenters. The van der Waals surface area contributed by atoms with Crippen molar-refractivity contribution < 1.29 is 22.4 Å². The van der Waals surface area contributed by atoms with Crippen LogP contribution in [0.2, 0.25) is 5.02 Å². The Bertz CT molecular complexity index is 1390. The number of anilines is 1. The van der Waals surface area contributed by atoms with Crippen LogP contribution in [0.15, 0.2) is 49.1 Å². The first-order valence-corrected chi connectivity index (χ1v) is 9.25. The number of rotatable bonds is 4. The Morgan fingerprint density at radius 1 is 1.12 bits per heavy atom. The topological polar surface area (TPSA) is 114 Å². The Morgan fingerprint density at radius 3 is 2.48 bits per heavy atom. The first-order chi connectivity index (χ1) is 15.7. The predicted octanol–water partition coefficient (Wildman–Crippen LogP) is 3.78. The number of nitrogens with one attached hydrogen (secondary N) is 1. The van der Waals surface area contributed by atoms with Gasteiger partial charge < -0.3 is 5.32 Å². The molecule has 0 aliphatic heterocycles. The number of alkyl halides is 3. The number of carbonyl (C=O) groups excluding carboxylic acids is 1. The van der Waals surface area contributed by atoms with E-state index in [4.69, 9.17) is 16.9 Å². The summed E-state index contributed by atoms with van der Waals surface area (Å²) >= 11 is 6.11. The first-order valence-electron chi connectivity index (χ1n) is 8.88. The molecule has 3 aromatic heterocycles. The third kappa shape index (κ3) is 4.23. The molecule has 1 amide bonds. The van der Waals surface area contributed by atoms with E-state index in [0.717, 1.165) is 23.0 Å². The number of aromatic nitrogens is 6. The number of hydrogen-bond acceptors (Lipinski definition) is 6. The van der Waals surface area contributed by atoms with E-state index in [0.29, 0.717) is 10.9 Å². The summed E-state index contributed by atoms with van der Waals surface area (Å²) in [4.78, 5) is 17.8. The molecule has 4 aromatic rings. The monoisotopic (exact) mass is 476 g/mol. The molecule has 0 spiro atoms. The van der Waals surface area contributed by atoms with Gasteiger partial charge in [-0.15, -0.1) is 4.80 Å². The van der Waals surface area contributed by atoms with Gasteiger partial charge in [0, 0.05) is 0 Å². The minimum absolute atomic E-state index is 0.00956. The number of benzene rings is 1. The van der Waals surface area contributed by atoms with Crippen molar-refractivity contribution in [1.29, 1.82) is 5.26 Å². The lowest BCUT2D eigenvalue weighted by atomic mass is 10.2. The maximum absolute atomic E-state index is 13.8. The lowest BCUT2D eigenvalue weighted by Gasteiger charge is -2.13. The Morgan fingerprint density at radius 2 is 1.85 bits per heavy atom. The van der Waals surface area contributed by atoms with E-state index in [-0.39, 0.29) is 22.2 Å². The minimum Gasteiger partial charge on any atom is -0.320 e. The Hall–Kier alpha value is -4.31. The van der Waals surface area contributed by atoms with E-state index in [9.17, 15) is 22.4 Å². The molecule has 166 valence electrons. The fourth-order valence-electron chi connectivity index (χ4n) is 2.88. The number of halogens is 5. The van der Waals surface area contributed by atoms with Crippen LogP contribution in [0, 0.1) is 17.1 Å². The zero-order valence-electron chi connectivity index (χ0n) is 16.0. The van der Waals surface area contributed by atoms with Crippen LogP contribution in [0.3, 0.4) is 0 Å². The second kappa shape index (κ2) is 8.32. The van der Waals surface area contributed by atoms with Crippen molar-refractivity contribution in [3.8, 4) is 17.6 Å². The predicted molar refractivity (Wildman–Crippen MR) is 105 cm³/mol. The van der Waals surface area contributed by atoms with Gasteiger partial charge in [-0.2, -0.15) is 33.7 Å². The van der Waals surface area contributed by atoms with Gasteiger partial charge in [0.05, 0.1) is 52.3 Å². The molecule has 0 bridgehead atoms. The summed E-state index contributed by atoms with van der Waals surface area (Å²) in [6.07, 6.45) is -0.338. The fraction of sp³-hybridized carbons (Fsp3) is 0.0526. The molecule has 3 heterocycles. The van der Waals surface area contributed by atoms with Gasteiger partial charge in [0.2, 0.25) is 0 Å². The van der Waals surface area contributed by atoms with Gasteiger partial charge in [0.25, 0.3) is 5.91 Å². The summed E-state index contributed by atoms with van der Waals surface area (Å²) in [6, 6.07) is 5.54. The molecule has 0 saturated heterocycles. The third-order valence-corrected chi connectivity index (χ3v) is 4.56. The lowest BCUT2D eigenvalue weighted by Crippen LogP contribution is -2.21. The van der Waals surface area contributed by atoms with Crippen LogP contribution in [-0.4, -0.2) is 35.7 Å². The fourth-order valence-corrected chi connectivity index (χ4v) is 3.13. The molecule has 4 rings (SSSR count). The normalized spacial score (nSPS) is 11.3. The first kappa shape index (κ1) is 21.9. The number of nitrogens with zero attached hydrogens (tertiary/aromatic N) is 7. The van der Waals surface area contributed by atoms with Crippen LogP contribution in [0.5, 0.6) is 0 Å². The van der Waals surface area contributed by atoms with Crippen LogP contribution < -0.4 is 5.32 Å². The van der Waals surface area contributed by atoms with Crippen molar-refractivity contribution in [3.05, 3.63) is 76.7 Å². The quantitative estimate of drug-likeness (QED) is 0.448. The maximum Gasteiger partial charge on any atom is 0.434 e. The molecule has 0 atom stereocenters. The number of carbonyl (C=O) groups is 1. The largest absolute Gasteiger partial charge is 0.434 e. The molecule has 14 heteroatoms. The molecule has 0 saturated carbocycles. The SMILES string of the molecule is N#Cc1cc(-n2ncc(C(=O)Nc3cnc(-n4nccn4)c(Cl)c3)c2C(F)(F)F)ccc1F. The average Bonchev–Trinajstić information content (AvgIpc) is 3.44. The Labute approximate surface area is 186 Å². The van der Waals surface area contributed by atoms with Crippen molar-refractivity contribution in [3.63, 3.8) is 0 Å². The average molecular weight is 477 g/mol. The van der Waals surface area contributed by atoms with Gasteiger partial charge in [0.1, 0.15) is 11.9 Å². The molecule has 1 N–H and O–H groups in total. The van der Waals surface area contributed by atoms with Crippen LogP contribution in [0.1, 0.15) is 21.6 Å². The van der Waals surface area contributed by atoms with Crippen molar-refractivity contribution in [2.24, 2.45) is 0 Å². The molecule has 33 heavy (non-hydrogen) atoms. The van der Waals surface area contributed by atoms with E-state index in [2.05, 4.69) is 25.6 Å². The minimum atomic E-state index is -5.00. The molecule has 0 radical (unpaired) electrons. The van der Waals surface area contributed by atoms with Gasteiger partial charge >= 0.3 is 6.18 Å². The second-order valence-corrected chi connectivity index (χ2v) is 6.80. The summed E-state index contributed by atoms with van der Waals surface area (Å²) in [5.41, 5.74) is -2.93. The van der Waals surface area contributed by atoms with Gasteiger partial charge in [-0.05, 0) is 24.3 Å². The van der Waals surface area contributed by atoms with Crippen molar-refractivity contribution in [2.75, 3.05) is 5.32 Å². The zero-order chi connectivity index (χ0) is 23.8. The van der Waals surface area contributed by atoms with E-state index in [1.54, 1.807) is 0 Å². The van der Waals surface area contributed by atoms with Crippen molar-refractivity contribution in [2.45, 2.75) is 6.18 Å². The van der Waals surface area contributed by atoms with Crippen LogP contribution in [0.25, 0.3) is 11.5 Å². The van der Waals surface area contributed by atoms with Gasteiger partial charge in [-0.25, -0.2) is 14.1 Å². The smallest absolute Gasteiger partial charge is 0.320 e. The number of hydrogen-bond donors (Lipinski definition) is 1. The summed E-state index contributed by atoms with van der Waals surface area (Å²) in [5.74, 6) is -1.90. The van der Waals surface area contributed by atoms with E-state index < -0.39 is 34.7 Å². The van der Waals surface area contributed by atoms with Gasteiger partial charge in [0.15, 0.2) is 11.5 Å². The Balaban J connectivity index is 1.69. The molecule has 0 fully saturated rings. The van der Waals surface area contributed by atoms with Gasteiger partial charge in [-0.1, -0.05) is 11.6 Å². The van der Waals surface area contributed by atoms with E-state index in [1.807, 2.05) is 0 Å². The van der Waals surface area contributed by atoms with Crippen LogP contribution in [0.4, 0.5) is 23.2 Å². The highest BCUT2D eigenvalue weighted by molar-refractivity contribution is 6.32. The highest BCUT2D eigenvalue weighted by atomic mass is 35.5. The van der Waals surface area contributed by atoms with Crippen LogP contribution >= 0.6 is 11.6 Å². The molecule has 0 aliphatic carbocycles. The summed E-state index contributed by atoms with van der Waals surface area (Å²) in [5, 5.41) is 22.6. The summed E-state index contributed by atoms with van der Waals surface area (Å²) < 4.78 is 55.5. The third-order valence-electron chi connectivity index (χ3n) is 4.29. The molecule has 9 nitrogen and oxygen atoms in total. The Kier molecular flexibility index (Phi) is 5.52. The highest BCUT2D eigenvalue weighted by Gasteiger charge is 2.40. The molecule has 1 aromatic carbocycles. The van der Waals surface area contributed by atoms with Crippen molar-refractivity contribution >= 4 is 23.2 Å². The number of amides is 1. The summed E-state index contributed by atoms with van der Waals surface area (Å²) in [7, 11) is 0. The maximum atomic E-state index is 13.8. The van der Waals surface area contributed by atoms with E-state index >= 15 is 0 Å². The highest BCUT2D eigenvalue weighted by Crippen LogP contribution is 2.34. The van der Waals surface area contributed by atoms with Gasteiger partial charge in [-0.3, -0.25) is 4.79 Å². The summed E-state index contributed by atoms with van der Waals surface area (Å²) in [6.45, 7) is 0. The zero-order valence-corrected chi connectivity index (χ0v) is 16.8. The molecule has 0 aliphatic rings. The second-order valence-electron chi connectivity index (χ2n) is 6.39. The number of pyridine rings is 1. The van der Waals surface area contributed by atoms with Crippen LogP contribution in [-0.2, 0) is 6.18 Å². The molecular formula is C19H9ClF4N8O. The molecular weight excluding hydrogens is 468 g/mol. The standard InChI is InChI=1S/C19H9ClF4N8O/c20-14-6-11(8-26-17(14)32-27-3-4-28-32)30-18(33)13-9-29-31(16(13)19(22,23)24)12-1-2-15(21)10(5-12)7-25/h1-6,8-9H,(H,30,33). The number of nitriles is 1. The van der Waals surface area contributed by atoms with E-state index in [1.165, 1.54) is 30.7 Å². The lowest BCUT2D eigenvalue weighted by molar-refractivity contribution is -0.143.